The highest BCUT2D eigenvalue weighted by atomic mass is 19.2. The second-order valence-electron chi connectivity index (χ2n) is 8.46. The van der Waals surface area contributed by atoms with Crippen LogP contribution >= 0.6 is 0 Å². The van der Waals surface area contributed by atoms with Gasteiger partial charge in [0.15, 0.2) is 11.6 Å². The van der Waals surface area contributed by atoms with Crippen molar-refractivity contribution in [3.8, 4) is 11.1 Å². The second-order valence-corrected chi connectivity index (χ2v) is 8.46. The summed E-state index contributed by atoms with van der Waals surface area (Å²) in [6.45, 7) is 4.36. The van der Waals surface area contributed by atoms with E-state index in [1.54, 1.807) is 17.7 Å². The monoisotopic (exact) mass is 408 g/mol. The van der Waals surface area contributed by atoms with Crippen LogP contribution in [-0.4, -0.2) is 0 Å². The molecule has 0 radical (unpaired) electrons. The Morgan fingerprint density at radius 1 is 0.900 bits per heavy atom. The number of hydrogen-bond donors (Lipinski definition) is 0. The van der Waals surface area contributed by atoms with Crippen LogP contribution in [0, 0.1) is 17.6 Å². The summed E-state index contributed by atoms with van der Waals surface area (Å²) in [5.41, 5.74) is 4.34. The Kier molecular flexibility index (Phi) is 8.42. The Morgan fingerprint density at radius 2 is 1.67 bits per heavy atom. The minimum atomic E-state index is -0.736. The predicted octanol–water partition coefficient (Wildman–Crippen LogP) is 8.60. The van der Waals surface area contributed by atoms with Gasteiger partial charge in [-0.25, -0.2) is 8.78 Å². The summed E-state index contributed by atoms with van der Waals surface area (Å²) in [6, 6.07) is 11.2. The van der Waals surface area contributed by atoms with Gasteiger partial charge in [0.05, 0.1) is 0 Å². The molecule has 0 saturated carbocycles. The summed E-state index contributed by atoms with van der Waals surface area (Å²) in [7, 11) is 0. The van der Waals surface area contributed by atoms with E-state index in [4.69, 9.17) is 0 Å². The summed E-state index contributed by atoms with van der Waals surface area (Å²) in [6.07, 6.45) is 16.1. The molecule has 1 atom stereocenters. The van der Waals surface area contributed by atoms with E-state index in [1.165, 1.54) is 31.2 Å². The van der Waals surface area contributed by atoms with E-state index >= 15 is 0 Å². The molecule has 0 amide bonds. The van der Waals surface area contributed by atoms with Crippen LogP contribution in [0.4, 0.5) is 8.78 Å². The maximum Gasteiger partial charge on any atom is 0.166 e. The lowest BCUT2D eigenvalue weighted by molar-refractivity contribution is 0.501. The zero-order valence-corrected chi connectivity index (χ0v) is 18.4. The number of rotatable bonds is 9. The molecule has 1 unspecified atom stereocenters. The van der Waals surface area contributed by atoms with Crippen molar-refractivity contribution in [2.75, 3.05) is 0 Å². The zero-order valence-electron chi connectivity index (χ0n) is 18.4. The molecule has 0 aromatic heterocycles. The summed E-state index contributed by atoms with van der Waals surface area (Å²) in [5, 5.41) is 0. The fourth-order valence-corrected chi connectivity index (χ4v) is 4.30. The Bertz CT molecular complexity index is 874. The van der Waals surface area contributed by atoms with Gasteiger partial charge in [0.1, 0.15) is 0 Å². The molecule has 2 aromatic carbocycles. The molecule has 0 bridgehead atoms. The lowest BCUT2D eigenvalue weighted by Gasteiger charge is -2.18. The van der Waals surface area contributed by atoms with Crippen molar-refractivity contribution in [3.05, 3.63) is 83.0 Å². The Hall–Kier alpha value is -2.22. The van der Waals surface area contributed by atoms with Crippen LogP contribution in [0.25, 0.3) is 11.1 Å². The summed E-state index contributed by atoms with van der Waals surface area (Å²) >= 11 is 0. The molecular formula is C28H34F2. The lowest BCUT2D eigenvalue weighted by atomic mass is 9.87. The van der Waals surface area contributed by atoms with Gasteiger partial charge in [-0.3, -0.25) is 0 Å². The van der Waals surface area contributed by atoms with Gasteiger partial charge < -0.3 is 0 Å². The normalized spacial score (nSPS) is 16.8. The Balaban J connectivity index is 1.58. The first-order chi connectivity index (χ1) is 14.6. The maximum absolute atomic E-state index is 14.7. The molecular weight excluding hydrogens is 374 g/mol. The van der Waals surface area contributed by atoms with E-state index in [0.29, 0.717) is 23.5 Å². The molecule has 2 heteroatoms. The van der Waals surface area contributed by atoms with E-state index in [9.17, 15) is 8.78 Å². The first-order valence-corrected chi connectivity index (χ1v) is 11.5. The van der Waals surface area contributed by atoms with Crippen LogP contribution in [0.3, 0.4) is 0 Å². The van der Waals surface area contributed by atoms with E-state index in [2.05, 4.69) is 32.1 Å². The fraction of sp³-hybridized carbons (Fsp3) is 0.429. The molecule has 160 valence electrons. The van der Waals surface area contributed by atoms with Gasteiger partial charge in [-0.2, -0.15) is 0 Å². The highest BCUT2D eigenvalue weighted by molar-refractivity contribution is 5.65. The lowest BCUT2D eigenvalue weighted by Crippen LogP contribution is -2.03. The first kappa shape index (κ1) is 22.5. The van der Waals surface area contributed by atoms with Crippen molar-refractivity contribution in [1.82, 2.24) is 0 Å². The smallest absolute Gasteiger partial charge is 0.166 e. The number of allylic oxidation sites excluding steroid dienone is 4. The average Bonchev–Trinajstić information content (AvgIpc) is 2.76. The van der Waals surface area contributed by atoms with Crippen LogP contribution in [0.5, 0.6) is 0 Å². The van der Waals surface area contributed by atoms with E-state index < -0.39 is 11.6 Å². The van der Waals surface area contributed by atoms with Crippen molar-refractivity contribution >= 4 is 0 Å². The van der Waals surface area contributed by atoms with E-state index in [1.807, 2.05) is 24.3 Å². The standard InChI is InChI=1S/C28H34F2/c1-3-7-21-11-13-23(14-12-21)9-5-6-10-25-19-20-26(28(30)27(25)29)24-17-15-22(8-4-2)16-18-24/h5,9,11,15-20,23H,3-4,6-8,10,12-14H2,1-2H3. The van der Waals surface area contributed by atoms with Crippen molar-refractivity contribution in [2.24, 2.45) is 5.92 Å². The quantitative estimate of drug-likeness (QED) is 0.364. The summed E-state index contributed by atoms with van der Waals surface area (Å²) in [5.74, 6) is -0.853. The third kappa shape index (κ3) is 5.90. The maximum atomic E-state index is 14.7. The van der Waals surface area contributed by atoms with Crippen LogP contribution in [0.1, 0.15) is 69.9 Å². The van der Waals surface area contributed by atoms with Gasteiger partial charge in [0.25, 0.3) is 0 Å². The number of hydrogen-bond acceptors (Lipinski definition) is 0. The van der Waals surface area contributed by atoms with Gasteiger partial charge in [-0.15, -0.1) is 0 Å². The van der Waals surface area contributed by atoms with Crippen molar-refractivity contribution in [1.29, 1.82) is 0 Å². The minimum Gasteiger partial charge on any atom is -0.203 e. The summed E-state index contributed by atoms with van der Waals surface area (Å²) in [4.78, 5) is 0. The highest BCUT2D eigenvalue weighted by Crippen LogP contribution is 2.29. The Morgan fingerprint density at radius 3 is 2.33 bits per heavy atom. The minimum absolute atomic E-state index is 0.340. The number of halogens is 2. The van der Waals surface area contributed by atoms with Gasteiger partial charge in [0.2, 0.25) is 0 Å². The zero-order chi connectivity index (χ0) is 21.3. The highest BCUT2D eigenvalue weighted by Gasteiger charge is 2.15. The van der Waals surface area contributed by atoms with E-state index in [-0.39, 0.29) is 0 Å². The molecule has 3 rings (SSSR count). The molecule has 0 fully saturated rings. The number of benzene rings is 2. The Labute approximate surface area is 180 Å². The van der Waals surface area contributed by atoms with Gasteiger partial charge in [-0.05, 0) is 67.6 Å². The molecule has 0 heterocycles. The largest absolute Gasteiger partial charge is 0.203 e. The first-order valence-electron chi connectivity index (χ1n) is 11.5. The molecule has 0 saturated heterocycles. The van der Waals surface area contributed by atoms with Gasteiger partial charge in [0, 0.05) is 5.56 Å². The second kappa shape index (κ2) is 11.2. The SMILES string of the molecule is CCCC1=CCC(C=CCCc2ccc(-c3ccc(CCC)cc3)c(F)c2F)CC1. The topological polar surface area (TPSA) is 0 Å². The molecule has 1 aliphatic rings. The average molecular weight is 409 g/mol. The van der Waals surface area contributed by atoms with Crippen LogP contribution < -0.4 is 0 Å². The van der Waals surface area contributed by atoms with Gasteiger partial charge >= 0.3 is 0 Å². The molecule has 0 nitrogen and oxygen atoms in total. The third-order valence-electron chi connectivity index (χ3n) is 6.07. The predicted molar refractivity (Wildman–Crippen MR) is 124 cm³/mol. The van der Waals surface area contributed by atoms with Crippen LogP contribution in [0.15, 0.2) is 60.2 Å². The van der Waals surface area contributed by atoms with Crippen molar-refractivity contribution in [2.45, 2.75) is 71.6 Å². The molecule has 30 heavy (non-hydrogen) atoms. The van der Waals surface area contributed by atoms with Crippen molar-refractivity contribution in [3.63, 3.8) is 0 Å². The van der Waals surface area contributed by atoms with Crippen molar-refractivity contribution < 1.29 is 8.78 Å². The molecule has 0 N–H and O–H groups in total. The van der Waals surface area contributed by atoms with E-state index in [0.717, 1.165) is 31.2 Å². The molecule has 2 aromatic rings. The summed E-state index contributed by atoms with van der Waals surface area (Å²) < 4.78 is 29.3. The molecule has 1 aliphatic carbocycles. The van der Waals surface area contributed by atoms with Gasteiger partial charge in [-0.1, -0.05) is 86.9 Å². The van der Waals surface area contributed by atoms with Crippen LogP contribution in [-0.2, 0) is 12.8 Å². The molecule has 0 spiro atoms. The van der Waals surface area contributed by atoms with Crippen LogP contribution in [0.2, 0.25) is 0 Å². The number of aryl methyl sites for hydroxylation is 2. The fourth-order valence-electron chi connectivity index (χ4n) is 4.30. The third-order valence-corrected chi connectivity index (χ3v) is 6.07. The molecule has 0 aliphatic heterocycles.